The summed E-state index contributed by atoms with van der Waals surface area (Å²) in [7, 11) is 0. The van der Waals surface area contributed by atoms with Crippen LogP contribution in [0.4, 0.5) is 10.1 Å². The van der Waals surface area contributed by atoms with Crippen molar-refractivity contribution in [3.05, 3.63) is 88.0 Å². The summed E-state index contributed by atoms with van der Waals surface area (Å²) in [5.41, 5.74) is 9.29. The van der Waals surface area contributed by atoms with Gasteiger partial charge in [0.2, 0.25) is 0 Å². The molecule has 0 bridgehead atoms. The molecule has 0 saturated heterocycles. The van der Waals surface area contributed by atoms with Gasteiger partial charge in [-0.15, -0.1) is 0 Å². The Kier molecular flexibility index (Phi) is 4.54. The quantitative estimate of drug-likeness (QED) is 0.767. The third-order valence-electron chi connectivity index (χ3n) is 3.90. The van der Waals surface area contributed by atoms with E-state index in [0.29, 0.717) is 28.4 Å². The van der Waals surface area contributed by atoms with Gasteiger partial charge in [-0.3, -0.25) is 0 Å². The van der Waals surface area contributed by atoms with Crippen molar-refractivity contribution in [1.29, 1.82) is 5.26 Å². The predicted octanol–water partition coefficient (Wildman–Crippen LogP) is 4.37. The van der Waals surface area contributed by atoms with Crippen LogP contribution in [0, 0.1) is 17.1 Å². The van der Waals surface area contributed by atoms with Crippen LogP contribution in [0.1, 0.15) is 22.5 Å². The van der Waals surface area contributed by atoms with Crippen molar-refractivity contribution in [1.82, 2.24) is 4.57 Å². The minimum atomic E-state index is -0.303. The van der Waals surface area contributed by atoms with Gasteiger partial charge in [-0.2, -0.15) is 5.26 Å². The fourth-order valence-electron chi connectivity index (χ4n) is 2.72. The minimum absolute atomic E-state index is 0.253. The van der Waals surface area contributed by atoms with Crippen molar-refractivity contribution in [3.8, 4) is 6.07 Å². The van der Waals surface area contributed by atoms with Gasteiger partial charge in [-0.25, -0.2) is 4.39 Å². The van der Waals surface area contributed by atoms with E-state index in [4.69, 9.17) is 17.3 Å². The summed E-state index contributed by atoms with van der Waals surface area (Å²) in [5.74, 6) is -0.303. The molecule has 0 aliphatic carbocycles. The Labute approximate surface area is 144 Å². The van der Waals surface area contributed by atoms with Crippen LogP contribution in [0.25, 0.3) is 0 Å². The van der Waals surface area contributed by atoms with Crippen LogP contribution in [0.3, 0.4) is 0 Å². The number of halogens is 2. The summed E-state index contributed by atoms with van der Waals surface area (Å²) < 4.78 is 15.7. The topological polar surface area (TPSA) is 54.7 Å². The zero-order chi connectivity index (χ0) is 17.1. The van der Waals surface area contributed by atoms with E-state index in [9.17, 15) is 9.65 Å². The number of nitrogen functional groups attached to an aromatic ring is 1. The number of anilines is 1. The van der Waals surface area contributed by atoms with Crippen molar-refractivity contribution < 1.29 is 4.39 Å². The summed E-state index contributed by atoms with van der Waals surface area (Å²) in [6.07, 6.45) is 0.516. The number of benzene rings is 2. The van der Waals surface area contributed by atoms with Crippen LogP contribution in [0.2, 0.25) is 5.02 Å². The molecule has 24 heavy (non-hydrogen) atoms. The van der Waals surface area contributed by atoms with Crippen molar-refractivity contribution in [3.63, 3.8) is 0 Å². The highest BCUT2D eigenvalue weighted by molar-refractivity contribution is 6.30. The fourth-order valence-corrected chi connectivity index (χ4v) is 2.93. The van der Waals surface area contributed by atoms with Gasteiger partial charge in [0.15, 0.2) is 0 Å². The van der Waals surface area contributed by atoms with Crippen molar-refractivity contribution >= 4 is 17.3 Å². The summed E-state index contributed by atoms with van der Waals surface area (Å²) in [5, 5.41) is 10.0. The molecule has 0 fully saturated rings. The molecule has 0 spiro atoms. The number of hydrogen-bond donors (Lipinski definition) is 1. The van der Waals surface area contributed by atoms with E-state index in [1.54, 1.807) is 34.9 Å². The van der Waals surface area contributed by atoms with Crippen LogP contribution in [0.5, 0.6) is 0 Å². The first-order chi connectivity index (χ1) is 11.6. The maximum Gasteiger partial charge on any atom is 0.128 e. The number of hydrogen-bond acceptors (Lipinski definition) is 2. The molecule has 0 radical (unpaired) electrons. The average molecular weight is 340 g/mol. The molecular formula is C19H15ClFN3. The number of aromatic nitrogens is 1. The Hall–Kier alpha value is -2.77. The molecule has 0 aliphatic heterocycles. The predicted molar refractivity (Wildman–Crippen MR) is 93.3 cm³/mol. The lowest BCUT2D eigenvalue weighted by Gasteiger charge is -2.12. The lowest BCUT2D eigenvalue weighted by atomic mass is 10.1. The molecule has 1 heterocycles. The normalized spacial score (nSPS) is 10.5. The highest BCUT2D eigenvalue weighted by Crippen LogP contribution is 2.24. The van der Waals surface area contributed by atoms with Crippen LogP contribution >= 0.6 is 11.6 Å². The Bertz CT molecular complexity index is 925. The van der Waals surface area contributed by atoms with Crippen molar-refractivity contribution in [2.75, 3.05) is 5.73 Å². The number of nitrogens with zero attached hydrogens (tertiary/aromatic N) is 2. The second kappa shape index (κ2) is 6.77. The highest BCUT2D eigenvalue weighted by Gasteiger charge is 2.15. The molecule has 120 valence electrons. The van der Waals surface area contributed by atoms with Gasteiger partial charge in [0.1, 0.15) is 17.6 Å². The monoisotopic (exact) mass is 339 g/mol. The van der Waals surface area contributed by atoms with Crippen LogP contribution in [-0.4, -0.2) is 4.57 Å². The average Bonchev–Trinajstić information content (AvgIpc) is 2.85. The third-order valence-corrected chi connectivity index (χ3v) is 4.14. The molecule has 3 aromatic rings. The maximum absolute atomic E-state index is 14.0. The molecule has 0 atom stereocenters. The molecule has 3 nitrogen and oxygen atoms in total. The zero-order valence-corrected chi connectivity index (χ0v) is 13.6. The fraction of sp³-hybridized carbons (Fsp3) is 0.105. The molecule has 3 rings (SSSR count). The Morgan fingerprint density at radius 2 is 1.92 bits per heavy atom. The number of nitrogens with two attached hydrogens (primary N) is 1. The Morgan fingerprint density at radius 3 is 2.62 bits per heavy atom. The van der Waals surface area contributed by atoms with E-state index in [1.165, 1.54) is 6.07 Å². The molecule has 2 N–H and O–H groups in total. The van der Waals surface area contributed by atoms with Crippen LogP contribution in [0.15, 0.2) is 54.6 Å². The van der Waals surface area contributed by atoms with Crippen molar-refractivity contribution in [2.24, 2.45) is 0 Å². The first-order valence-electron chi connectivity index (χ1n) is 7.44. The van der Waals surface area contributed by atoms with E-state index >= 15 is 0 Å². The first kappa shape index (κ1) is 16.1. The number of rotatable bonds is 4. The molecule has 0 aliphatic rings. The number of nitriles is 1. The maximum atomic E-state index is 14.0. The molecule has 0 unspecified atom stereocenters. The minimum Gasteiger partial charge on any atom is -0.397 e. The molecular weight excluding hydrogens is 325 g/mol. The lowest BCUT2D eigenvalue weighted by Crippen LogP contribution is -2.09. The van der Waals surface area contributed by atoms with E-state index in [1.807, 2.05) is 18.2 Å². The summed E-state index contributed by atoms with van der Waals surface area (Å²) >= 11 is 6.03. The molecule has 5 heteroatoms. The summed E-state index contributed by atoms with van der Waals surface area (Å²) in [4.78, 5) is 0. The zero-order valence-electron chi connectivity index (χ0n) is 12.8. The van der Waals surface area contributed by atoms with E-state index < -0.39 is 0 Å². The van der Waals surface area contributed by atoms with Gasteiger partial charge < -0.3 is 10.3 Å². The lowest BCUT2D eigenvalue weighted by molar-refractivity contribution is 0.596. The van der Waals surface area contributed by atoms with Crippen LogP contribution in [-0.2, 0) is 13.0 Å². The second-order valence-corrected chi connectivity index (χ2v) is 5.96. The molecule has 2 aromatic carbocycles. The van der Waals surface area contributed by atoms with E-state index in [-0.39, 0.29) is 12.4 Å². The van der Waals surface area contributed by atoms with Gasteiger partial charge in [0, 0.05) is 22.7 Å². The standard InChI is InChI=1S/C19H15ClFN3/c20-15-6-3-4-13(8-15)9-19-18(23)10-16(11-22)24(19)12-14-5-1-2-7-17(14)21/h1-8,10H,9,12,23H2. The van der Waals surface area contributed by atoms with Gasteiger partial charge in [-0.05, 0) is 29.8 Å². The largest absolute Gasteiger partial charge is 0.397 e. The van der Waals surface area contributed by atoms with Gasteiger partial charge >= 0.3 is 0 Å². The summed E-state index contributed by atoms with van der Waals surface area (Å²) in [6, 6.07) is 17.7. The van der Waals surface area contributed by atoms with Crippen molar-refractivity contribution in [2.45, 2.75) is 13.0 Å². The Balaban J connectivity index is 2.02. The summed E-state index contributed by atoms with van der Waals surface area (Å²) in [6.45, 7) is 0.253. The second-order valence-electron chi connectivity index (χ2n) is 5.53. The third kappa shape index (κ3) is 3.27. The highest BCUT2D eigenvalue weighted by atomic mass is 35.5. The molecule has 0 saturated carbocycles. The van der Waals surface area contributed by atoms with E-state index in [2.05, 4.69) is 6.07 Å². The Morgan fingerprint density at radius 1 is 1.12 bits per heavy atom. The SMILES string of the molecule is N#Cc1cc(N)c(Cc2cccc(Cl)c2)n1Cc1ccccc1F. The molecule has 0 amide bonds. The van der Waals surface area contributed by atoms with E-state index in [0.717, 1.165) is 11.3 Å². The van der Waals surface area contributed by atoms with Gasteiger partial charge in [0.05, 0.1) is 12.2 Å². The molecule has 1 aromatic heterocycles. The smallest absolute Gasteiger partial charge is 0.128 e. The van der Waals surface area contributed by atoms with Gasteiger partial charge in [-0.1, -0.05) is 41.9 Å². The first-order valence-corrected chi connectivity index (χ1v) is 7.82. The van der Waals surface area contributed by atoms with Gasteiger partial charge in [0.25, 0.3) is 0 Å². The van der Waals surface area contributed by atoms with Crippen LogP contribution < -0.4 is 5.73 Å².